The molecule has 0 spiro atoms. The summed E-state index contributed by atoms with van der Waals surface area (Å²) in [6.45, 7) is 5.75. The summed E-state index contributed by atoms with van der Waals surface area (Å²) in [6.07, 6.45) is -4.27. The van der Waals surface area contributed by atoms with Crippen LogP contribution in [0.25, 0.3) is 0 Å². The maximum atomic E-state index is 12.4. The first-order valence-corrected chi connectivity index (χ1v) is 5.97. The van der Waals surface area contributed by atoms with Gasteiger partial charge < -0.3 is 10.4 Å². The molecule has 0 radical (unpaired) electrons. The SMILES string of the molecule is C=C(C)CN[C@@H](Cc1ccc(C(F)(F)F)cc1)C(=O)O. The summed E-state index contributed by atoms with van der Waals surface area (Å²) in [7, 11) is 0. The normalized spacial score (nSPS) is 13.0. The molecule has 0 saturated carbocycles. The van der Waals surface area contributed by atoms with E-state index >= 15 is 0 Å². The number of hydrogen-bond donors (Lipinski definition) is 2. The van der Waals surface area contributed by atoms with Gasteiger partial charge in [-0.25, -0.2) is 0 Å². The molecule has 0 bridgehead atoms. The first-order valence-electron chi connectivity index (χ1n) is 5.97. The molecule has 110 valence electrons. The fraction of sp³-hybridized carbons (Fsp3) is 0.357. The molecule has 1 aromatic rings. The van der Waals surface area contributed by atoms with Gasteiger partial charge in [0.2, 0.25) is 0 Å². The Morgan fingerprint density at radius 1 is 1.35 bits per heavy atom. The third-order valence-electron chi connectivity index (χ3n) is 2.67. The molecule has 0 aliphatic carbocycles. The molecule has 0 unspecified atom stereocenters. The summed E-state index contributed by atoms with van der Waals surface area (Å²) in [4.78, 5) is 11.1. The van der Waals surface area contributed by atoms with Gasteiger partial charge in [0, 0.05) is 6.54 Å². The van der Waals surface area contributed by atoms with Crippen LogP contribution in [0, 0.1) is 0 Å². The lowest BCUT2D eigenvalue weighted by Gasteiger charge is -2.15. The van der Waals surface area contributed by atoms with E-state index in [1.165, 1.54) is 12.1 Å². The molecule has 1 aromatic carbocycles. The molecule has 0 heterocycles. The molecule has 1 atom stereocenters. The van der Waals surface area contributed by atoms with E-state index < -0.39 is 23.8 Å². The standard InChI is InChI=1S/C14H16F3NO2/c1-9(2)8-18-12(13(19)20)7-10-3-5-11(6-4-10)14(15,16)17/h3-6,12,18H,1,7-8H2,2H3,(H,19,20)/t12-/m0/s1. The van der Waals surface area contributed by atoms with Crippen LogP contribution in [-0.4, -0.2) is 23.7 Å². The highest BCUT2D eigenvalue weighted by molar-refractivity contribution is 5.74. The van der Waals surface area contributed by atoms with Crippen LogP contribution in [0.4, 0.5) is 13.2 Å². The molecule has 0 fully saturated rings. The molecule has 0 amide bonds. The summed E-state index contributed by atoms with van der Waals surface area (Å²) >= 11 is 0. The van der Waals surface area contributed by atoms with Gasteiger partial charge >= 0.3 is 12.1 Å². The van der Waals surface area contributed by atoms with Crippen molar-refractivity contribution in [2.24, 2.45) is 0 Å². The Morgan fingerprint density at radius 2 is 1.90 bits per heavy atom. The van der Waals surface area contributed by atoms with Crippen LogP contribution in [0.15, 0.2) is 36.4 Å². The maximum absolute atomic E-state index is 12.4. The van der Waals surface area contributed by atoms with E-state index in [2.05, 4.69) is 11.9 Å². The lowest BCUT2D eigenvalue weighted by atomic mass is 10.0. The lowest BCUT2D eigenvalue weighted by molar-refractivity contribution is -0.139. The zero-order chi connectivity index (χ0) is 15.3. The number of alkyl halides is 3. The van der Waals surface area contributed by atoms with Gasteiger partial charge in [0.05, 0.1) is 5.56 Å². The summed E-state index contributed by atoms with van der Waals surface area (Å²) < 4.78 is 37.2. The third kappa shape index (κ3) is 5.05. The van der Waals surface area contributed by atoms with Gasteiger partial charge in [-0.2, -0.15) is 13.2 Å². The van der Waals surface area contributed by atoms with Crippen LogP contribution in [0.3, 0.4) is 0 Å². The van der Waals surface area contributed by atoms with Gasteiger partial charge in [-0.15, -0.1) is 0 Å². The number of halogens is 3. The molecule has 1 rings (SSSR count). The zero-order valence-corrected chi connectivity index (χ0v) is 11.0. The van der Waals surface area contributed by atoms with Crippen molar-refractivity contribution in [1.82, 2.24) is 5.32 Å². The van der Waals surface area contributed by atoms with Crippen molar-refractivity contribution >= 4 is 5.97 Å². The van der Waals surface area contributed by atoms with Crippen LogP contribution in [0.1, 0.15) is 18.1 Å². The number of carboxylic acid groups (broad SMARTS) is 1. The predicted octanol–water partition coefficient (Wildman–Crippen LogP) is 2.87. The number of carboxylic acids is 1. The number of aliphatic carboxylic acids is 1. The minimum absolute atomic E-state index is 0.112. The molecule has 0 saturated heterocycles. The highest BCUT2D eigenvalue weighted by Gasteiger charge is 2.30. The Bertz CT molecular complexity index is 480. The van der Waals surface area contributed by atoms with E-state index in [-0.39, 0.29) is 6.42 Å². The zero-order valence-electron chi connectivity index (χ0n) is 11.0. The first-order chi connectivity index (χ1) is 9.20. The van der Waals surface area contributed by atoms with Crippen LogP contribution < -0.4 is 5.32 Å². The molecule has 20 heavy (non-hydrogen) atoms. The molecule has 0 aliphatic heterocycles. The average molecular weight is 287 g/mol. The van der Waals surface area contributed by atoms with Crippen LogP contribution in [0.5, 0.6) is 0 Å². The summed E-state index contributed by atoms with van der Waals surface area (Å²) in [5.41, 5.74) is 0.561. The van der Waals surface area contributed by atoms with Crippen molar-refractivity contribution < 1.29 is 23.1 Å². The number of hydrogen-bond acceptors (Lipinski definition) is 2. The van der Waals surface area contributed by atoms with Gasteiger partial charge in [-0.3, -0.25) is 4.79 Å². The van der Waals surface area contributed by atoms with Crippen LogP contribution in [0.2, 0.25) is 0 Å². The summed E-state index contributed by atoms with van der Waals surface area (Å²) in [6, 6.07) is 3.63. The van der Waals surface area contributed by atoms with Crippen molar-refractivity contribution in [2.45, 2.75) is 25.6 Å². The van der Waals surface area contributed by atoms with E-state index in [1.54, 1.807) is 6.92 Å². The predicted molar refractivity (Wildman–Crippen MR) is 69.4 cm³/mol. The molecular formula is C14H16F3NO2. The van der Waals surface area contributed by atoms with Gasteiger partial charge in [0.1, 0.15) is 6.04 Å². The van der Waals surface area contributed by atoms with Gasteiger partial charge in [0.15, 0.2) is 0 Å². The van der Waals surface area contributed by atoms with Crippen molar-refractivity contribution in [3.8, 4) is 0 Å². The Balaban J connectivity index is 2.74. The van der Waals surface area contributed by atoms with Crippen LogP contribution >= 0.6 is 0 Å². The topological polar surface area (TPSA) is 49.3 Å². The Kier molecular flexibility index (Phi) is 5.33. The fourth-order valence-electron chi connectivity index (χ4n) is 1.61. The fourth-order valence-corrected chi connectivity index (χ4v) is 1.61. The maximum Gasteiger partial charge on any atom is 0.416 e. The quantitative estimate of drug-likeness (QED) is 0.791. The summed E-state index contributed by atoms with van der Waals surface area (Å²) in [5.74, 6) is -1.05. The van der Waals surface area contributed by atoms with Gasteiger partial charge in [0.25, 0.3) is 0 Å². The molecule has 3 nitrogen and oxygen atoms in total. The number of nitrogens with one attached hydrogen (secondary N) is 1. The van der Waals surface area contributed by atoms with Gasteiger partial charge in [-0.1, -0.05) is 24.3 Å². The lowest BCUT2D eigenvalue weighted by Crippen LogP contribution is -2.39. The summed E-state index contributed by atoms with van der Waals surface area (Å²) in [5, 5.41) is 11.8. The molecule has 0 aromatic heterocycles. The van der Waals surface area contributed by atoms with Crippen molar-refractivity contribution in [2.75, 3.05) is 6.54 Å². The molecule has 0 aliphatic rings. The van der Waals surface area contributed by atoms with Crippen molar-refractivity contribution in [1.29, 1.82) is 0 Å². The van der Waals surface area contributed by atoms with E-state index in [0.717, 1.165) is 17.7 Å². The Morgan fingerprint density at radius 3 is 2.30 bits per heavy atom. The second-order valence-electron chi connectivity index (χ2n) is 4.63. The Hall–Kier alpha value is -1.82. The highest BCUT2D eigenvalue weighted by atomic mass is 19.4. The first kappa shape index (κ1) is 16.2. The average Bonchev–Trinajstić information content (AvgIpc) is 2.33. The number of benzene rings is 1. The minimum Gasteiger partial charge on any atom is -0.480 e. The van der Waals surface area contributed by atoms with Gasteiger partial charge in [-0.05, 0) is 31.0 Å². The van der Waals surface area contributed by atoms with E-state index in [1.807, 2.05) is 0 Å². The van der Waals surface area contributed by atoms with E-state index in [4.69, 9.17) is 5.11 Å². The second-order valence-corrected chi connectivity index (χ2v) is 4.63. The second kappa shape index (κ2) is 6.56. The molecular weight excluding hydrogens is 271 g/mol. The minimum atomic E-state index is -4.39. The van der Waals surface area contributed by atoms with Crippen molar-refractivity contribution in [3.05, 3.63) is 47.5 Å². The van der Waals surface area contributed by atoms with E-state index in [9.17, 15) is 18.0 Å². The number of carbonyl (C=O) groups is 1. The smallest absolute Gasteiger partial charge is 0.416 e. The van der Waals surface area contributed by atoms with Crippen molar-refractivity contribution in [3.63, 3.8) is 0 Å². The molecule has 2 N–H and O–H groups in total. The largest absolute Gasteiger partial charge is 0.480 e. The van der Waals surface area contributed by atoms with E-state index in [0.29, 0.717) is 12.1 Å². The monoisotopic (exact) mass is 287 g/mol. The Labute approximate surface area is 115 Å². The third-order valence-corrected chi connectivity index (χ3v) is 2.67. The number of rotatable bonds is 6. The molecule has 6 heteroatoms. The van der Waals surface area contributed by atoms with Crippen LogP contribution in [-0.2, 0) is 17.4 Å². The highest BCUT2D eigenvalue weighted by Crippen LogP contribution is 2.29.